The second-order valence-corrected chi connectivity index (χ2v) is 4.28. The molecule has 0 aliphatic rings. The van der Waals surface area contributed by atoms with Crippen molar-refractivity contribution in [1.29, 1.82) is 0 Å². The summed E-state index contributed by atoms with van der Waals surface area (Å²) >= 11 is 0. The summed E-state index contributed by atoms with van der Waals surface area (Å²) in [6.45, 7) is 4.18. The smallest absolute Gasteiger partial charge is 0.102 e. The normalized spacial score (nSPS) is 12.9. The Balaban J connectivity index is 2.27. The minimum Gasteiger partial charge on any atom is -0.271 e. The van der Waals surface area contributed by atoms with E-state index in [2.05, 4.69) is 29.5 Å². The molecular weight excluding hydrogens is 214 g/mol. The van der Waals surface area contributed by atoms with Crippen molar-refractivity contribution < 1.29 is 0 Å². The average molecular weight is 231 g/mol. The lowest BCUT2D eigenvalue weighted by atomic mass is 10.0. The van der Waals surface area contributed by atoms with Crippen LogP contribution >= 0.6 is 0 Å². The number of nitrogens with two attached hydrogens (primary N) is 1. The molecule has 1 aromatic carbocycles. The number of aromatic nitrogens is 3. The number of benzene rings is 1. The summed E-state index contributed by atoms with van der Waals surface area (Å²) in [5.74, 6) is 5.89. The molecule has 2 aromatic rings. The summed E-state index contributed by atoms with van der Waals surface area (Å²) in [5, 5.41) is 8.68. The molecule has 2 rings (SSSR count). The fourth-order valence-electron chi connectivity index (χ4n) is 1.72. The molecular formula is C12H17N5. The van der Waals surface area contributed by atoms with Gasteiger partial charge in [-0.05, 0) is 18.1 Å². The maximum absolute atomic E-state index is 5.53. The van der Waals surface area contributed by atoms with Gasteiger partial charge in [0, 0.05) is 0 Å². The van der Waals surface area contributed by atoms with Gasteiger partial charge in [0.25, 0.3) is 0 Å². The van der Waals surface area contributed by atoms with Gasteiger partial charge in [-0.3, -0.25) is 11.3 Å². The molecule has 0 saturated carbocycles. The molecule has 90 valence electrons. The third kappa shape index (κ3) is 2.51. The van der Waals surface area contributed by atoms with Crippen molar-refractivity contribution in [1.82, 2.24) is 20.4 Å². The van der Waals surface area contributed by atoms with Crippen LogP contribution in [0.1, 0.15) is 25.6 Å². The van der Waals surface area contributed by atoms with Crippen molar-refractivity contribution in [2.24, 2.45) is 11.8 Å². The van der Waals surface area contributed by atoms with Gasteiger partial charge in [0.2, 0.25) is 0 Å². The summed E-state index contributed by atoms with van der Waals surface area (Å²) in [5.41, 5.74) is 4.56. The molecule has 1 atom stereocenters. The van der Waals surface area contributed by atoms with Crippen LogP contribution in [0.4, 0.5) is 0 Å². The highest BCUT2D eigenvalue weighted by Gasteiger charge is 2.17. The van der Waals surface area contributed by atoms with Crippen molar-refractivity contribution >= 4 is 0 Å². The number of hydrogen-bond donors (Lipinski definition) is 2. The lowest BCUT2D eigenvalue weighted by molar-refractivity contribution is 0.410. The predicted molar refractivity (Wildman–Crippen MR) is 66.3 cm³/mol. The Morgan fingerprint density at radius 2 is 1.94 bits per heavy atom. The van der Waals surface area contributed by atoms with E-state index in [4.69, 9.17) is 5.84 Å². The molecule has 0 amide bonds. The SMILES string of the molecule is CC(C)C(NN)c1cnn(-c2ccccc2)n1. The summed E-state index contributed by atoms with van der Waals surface area (Å²) in [7, 11) is 0. The third-order valence-electron chi connectivity index (χ3n) is 2.66. The summed E-state index contributed by atoms with van der Waals surface area (Å²) < 4.78 is 0. The van der Waals surface area contributed by atoms with Crippen LogP contribution in [-0.2, 0) is 0 Å². The van der Waals surface area contributed by atoms with Gasteiger partial charge in [-0.15, -0.1) is 0 Å². The molecule has 5 nitrogen and oxygen atoms in total. The largest absolute Gasteiger partial charge is 0.271 e. The molecule has 0 bridgehead atoms. The van der Waals surface area contributed by atoms with Crippen LogP contribution in [0.3, 0.4) is 0 Å². The zero-order valence-corrected chi connectivity index (χ0v) is 10.0. The number of nitrogens with zero attached hydrogens (tertiary/aromatic N) is 3. The van der Waals surface area contributed by atoms with E-state index < -0.39 is 0 Å². The van der Waals surface area contributed by atoms with E-state index in [1.807, 2.05) is 30.3 Å². The van der Waals surface area contributed by atoms with E-state index in [0.29, 0.717) is 5.92 Å². The van der Waals surface area contributed by atoms with Crippen LogP contribution in [0, 0.1) is 5.92 Å². The van der Waals surface area contributed by atoms with Crippen LogP contribution in [0.2, 0.25) is 0 Å². The van der Waals surface area contributed by atoms with E-state index in [1.165, 1.54) is 0 Å². The first kappa shape index (κ1) is 11.8. The lowest BCUT2D eigenvalue weighted by Crippen LogP contribution is -2.31. The minimum absolute atomic E-state index is 0.0208. The molecule has 0 fully saturated rings. The number of hydrazine groups is 1. The van der Waals surface area contributed by atoms with Crippen molar-refractivity contribution in [3.05, 3.63) is 42.2 Å². The molecule has 0 aliphatic heterocycles. The number of nitrogens with one attached hydrogen (secondary N) is 1. The molecule has 17 heavy (non-hydrogen) atoms. The van der Waals surface area contributed by atoms with E-state index in [1.54, 1.807) is 11.0 Å². The van der Waals surface area contributed by atoms with Crippen LogP contribution in [0.15, 0.2) is 36.5 Å². The zero-order valence-electron chi connectivity index (χ0n) is 10.0. The fourth-order valence-corrected chi connectivity index (χ4v) is 1.72. The van der Waals surface area contributed by atoms with Gasteiger partial charge in [-0.1, -0.05) is 32.0 Å². The van der Waals surface area contributed by atoms with Gasteiger partial charge < -0.3 is 0 Å². The zero-order chi connectivity index (χ0) is 12.3. The van der Waals surface area contributed by atoms with E-state index >= 15 is 0 Å². The Kier molecular flexibility index (Phi) is 3.51. The van der Waals surface area contributed by atoms with Crippen LogP contribution in [0.25, 0.3) is 5.69 Å². The highest BCUT2D eigenvalue weighted by atomic mass is 15.5. The van der Waals surface area contributed by atoms with Crippen molar-refractivity contribution in [2.75, 3.05) is 0 Å². The molecule has 0 saturated heterocycles. The van der Waals surface area contributed by atoms with Gasteiger partial charge in [0.15, 0.2) is 0 Å². The first-order valence-corrected chi connectivity index (χ1v) is 5.66. The van der Waals surface area contributed by atoms with Crippen LogP contribution < -0.4 is 11.3 Å². The summed E-state index contributed by atoms with van der Waals surface area (Å²) in [6, 6.07) is 9.83. The maximum Gasteiger partial charge on any atom is 0.102 e. The minimum atomic E-state index is 0.0208. The second-order valence-electron chi connectivity index (χ2n) is 4.28. The highest BCUT2D eigenvalue weighted by molar-refractivity contribution is 5.28. The molecule has 1 unspecified atom stereocenters. The van der Waals surface area contributed by atoms with E-state index in [-0.39, 0.29) is 6.04 Å². The Bertz CT molecular complexity index is 463. The second kappa shape index (κ2) is 5.07. The monoisotopic (exact) mass is 231 g/mol. The standard InChI is InChI=1S/C12H17N5/c1-9(2)12(15-13)11-8-14-17(16-11)10-6-4-3-5-7-10/h3-9,12,15H,13H2,1-2H3. The average Bonchev–Trinajstić information content (AvgIpc) is 2.80. The molecule has 1 aromatic heterocycles. The van der Waals surface area contributed by atoms with Gasteiger partial charge >= 0.3 is 0 Å². The van der Waals surface area contributed by atoms with Crippen molar-refractivity contribution in [2.45, 2.75) is 19.9 Å². The maximum atomic E-state index is 5.53. The van der Waals surface area contributed by atoms with E-state index in [0.717, 1.165) is 11.4 Å². The molecule has 3 N–H and O–H groups in total. The Morgan fingerprint density at radius 1 is 1.24 bits per heavy atom. The molecule has 0 radical (unpaired) electrons. The Hall–Kier alpha value is -1.72. The van der Waals surface area contributed by atoms with Gasteiger partial charge in [0.05, 0.1) is 17.9 Å². The Morgan fingerprint density at radius 3 is 2.53 bits per heavy atom. The van der Waals surface area contributed by atoms with Crippen molar-refractivity contribution in [3.8, 4) is 5.69 Å². The van der Waals surface area contributed by atoms with Crippen LogP contribution in [0.5, 0.6) is 0 Å². The number of rotatable bonds is 4. The highest BCUT2D eigenvalue weighted by Crippen LogP contribution is 2.18. The Labute approximate surface area is 101 Å². The first-order chi connectivity index (χ1) is 8.22. The lowest BCUT2D eigenvalue weighted by Gasteiger charge is -2.16. The fraction of sp³-hybridized carbons (Fsp3) is 0.333. The topological polar surface area (TPSA) is 68.8 Å². The van der Waals surface area contributed by atoms with Gasteiger partial charge in [-0.25, -0.2) is 0 Å². The molecule has 0 spiro atoms. The summed E-state index contributed by atoms with van der Waals surface area (Å²) in [6.07, 6.45) is 1.75. The number of para-hydroxylation sites is 1. The quantitative estimate of drug-likeness (QED) is 0.617. The van der Waals surface area contributed by atoms with Crippen molar-refractivity contribution in [3.63, 3.8) is 0 Å². The van der Waals surface area contributed by atoms with E-state index in [9.17, 15) is 0 Å². The predicted octanol–water partition coefficient (Wildman–Crippen LogP) is 1.43. The number of hydrogen-bond acceptors (Lipinski definition) is 4. The molecule has 5 heteroatoms. The van der Waals surface area contributed by atoms with Gasteiger partial charge in [0.1, 0.15) is 5.69 Å². The molecule has 0 aliphatic carbocycles. The summed E-state index contributed by atoms with van der Waals surface area (Å²) in [4.78, 5) is 1.61. The third-order valence-corrected chi connectivity index (χ3v) is 2.66. The molecule has 1 heterocycles. The van der Waals surface area contributed by atoms with Gasteiger partial charge in [-0.2, -0.15) is 15.0 Å². The first-order valence-electron chi connectivity index (χ1n) is 5.66. The van der Waals surface area contributed by atoms with Crippen LogP contribution in [-0.4, -0.2) is 15.0 Å².